The standard InChI is InChI=1S/C19H14N2O2/c22-15-11-16(20-12-15)19-21-17(13-7-3-1-4-8-13)18(23-19)14-9-5-2-6-10-14/h1-12,20,22H. The van der Waals surface area contributed by atoms with Crippen molar-refractivity contribution in [3.8, 4) is 39.9 Å². The van der Waals surface area contributed by atoms with Crippen LogP contribution in [0.2, 0.25) is 0 Å². The molecule has 23 heavy (non-hydrogen) atoms. The van der Waals surface area contributed by atoms with E-state index in [4.69, 9.17) is 4.42 Å². The number of oxazole rings is 1. The van der Waals surface area contributed by atoms with Crippen LogP contribution in [0.15, 0.2) is 77.3 Å². The highest BCUT2D eigenvalue weighted by atomic mass is 16.4. The van der Waals surface area contributed by atoms with Crippen molar-refractivity contribution >= 4 is 0 Å². The molecule has 0 bridgehead atoms. The van der Waals surface area contributed by atoms with Crippen LogP contribution in [0.25, 0.3) is 34.2 Å². The van der Waals surface area contributed by atoms with Crippen LogP contribution in [0.3, 0.4) is 0 Å². The molecular formula is C19H14N2O2. The third kappa shape index (κ3) is 2.51. The van der Waals surface area contributed by atoms with Crippen LogP contribution in [0, 0.1) is 0 Å². The van der Waals surface area contributed by atoms with E-state index >= 15 is 0 Å². The number of aromatic amines is 1. The maximum absolute atomic E-state index is 9.52. The summed E-state index contributed by atoms with van der Waals surface area (Å²) < 4.78 is 6.00. The molecule has 0 atom stereocenters. The Kier molecular flexibility index (Phi) is 3.20. The molecule has 0 radical (unpaired) electrons. The van der Waals surface area contributed by atoms with E-state index < -0.39 is 0 Å². The fraction of sp³-hybridized carbons (Fsp3) is 0. The molecular weight excluding hydrogens is 288 g/mol. The minimum Gasteiger partial charge on any atom is -0.506 e. The zero-order valence-electron chi connectivity index (χ0n) is 12.2. The van der Waals surface area contributed by atoms with Gasteiger partial charge in [-0.15, -0.1) is 0 Å². The topological polar surface area (TPSA) is 62.0 Å². The van der Waals surface area contributed by atoms with E-state index in [0.717, 1.165) is 16.8 Å². The van der Waals surface area contributed by atoms with Crippen LogP contribution in [0.4, 0.5) is 0 Å². The summed E-state index contributed by atoms with van der Waals surface area (Å²) in [6, 6.07) is 21.4. The highest BCUT2D eigenvalue weighted by molar-refractivity contribution is 5.78. The van der Waals surface area contributed by atoms with Crippen molar-refractivity contribution in [2.75, 3.05) is 0 Å². The highest BCUT2D eigenvalue weighted by Crippen LogP contribution is 2.35. The average Bonchev–Trinajstić information content (AvgIpc) is 3.23. The lowest BCUT2D eigenvalue weighted by atomic mass is 10.1. The van der Waals surface area contributed by atoms with Gasteiger partial charge in [0.15, 0.2) is 5.76 Å². The summed E-state index contributed by atoms with van der Waals surface area (Å²) in [7, 11) is 0. The first-order valence-electron chi connectivity index (χ1n) is 7.31. The molecule has 0 fully saturated rings. The molecule has 2 aromatic heterocycles. The molecule has 0 aliphatic rings. The number of benzene rings is 2. The minimum atomic E-state index is 0.153. The molecule has 4 heteroatoms. The van der Waals surface area contributed by atoms with Gasteiger partial charge in [-0.25, -0.2) is 4.98 Å². The first-order valence-corrected chi connectivity index (χ1v) is 7.31. The van der Waals surface area contributed by atoms with Crippen molar-refractivity contribution in [1.29, 1.82) is 0 Å². The second-order valence-electron chi connectivity index (χ2n) is 5.20. The number of aromatic nitrogens is 2. The van der Waals surface area contributed by atoms with Gasteiger partial charge in [-0.3, -0.25) is 0 Å². The Morgan fingerprint density at radius 1 is 0.870 bits per heavy atom. The maximum atomic E-state index is 9.52. The Morgan fingerprint density at radius 2 is 1.52 bits per heavy atom. The largest absolute Gasteiger partial charge is 0.506 e. The van der Waals surface area contributed by atoms with Gasteiger partial charge >= 0.3 is 0 Å². The van der Waals surface area contributed by atoms with Gasteiger partial charge < -0.3 is 14.5 Å². The number of hydrogen-bond acceptors (Lipinski definition) is 3. The number of rotatable bonds is 3. The molecule has 2 heterocycles. The second kappa shape index (κ2) is 5.50. The Morgan fingerprint density at radius 3 is 2.13 bits per heavy atom. The molecule has 112 valence electrons. The lowest BCUT2D eigenvalue weighted by molar-refractivity contribution is 0.476. The monoisotopic (exact) mass is 302 g/mol. The molecule has 0 amide bonds. The van der Waals surface area contributed by atoms with Gasteiger partial charge in [-0.05, 0) is 0 Å². The smallest absolute Gasteiger partial charge is 0.244 e. The van der Waals surface area contributed by atoms with Crippen molar-refractivity contribution in [2.24, 2.45) is 0 Å². The van der Waals surface area contributed by atoms with Crippen LogP contribution >= 0.6 is 0 Å². The van der Waals surface area contributed by atoms with E-state index in [0.29, 0.717) is 17.3 Å². The minimum absolute atomic E-state index is 0.153. The predicted molar refractivity (Wildman–Crippen MR) is 88.8 cm³/mol. The van der Waals surface area contributed by atoms with Gasteiger partial charge in [0.25, 0.3) is 0 Å². The summed E-state index contributed by atoms with van der Waals surface area (Å²) in [5, 5.41) is 9.52. The zero-order valence-corrected chi connectivity index (χ0v) is 12.2. The SMILES string of the molecule is Oc1c[nH]c(-c2nc(-c3ccccc3)c(-c3ccccc3)o2)c1. The molecule has 0 saturated heterocycles. The van der Waals surface area contributed by atoms with E-state index in [1.807, 2.05) is 60.7 Å². The summed E-state index contributed by atoms with van der Waals surface area (Å²) in [6.45, 7) is 0. The predicted octanol–water partition coefficient (Wildman–Crippen LogP) is 4.71. The molecule has 0 saturated carbocycles. The third-order valence-corrected chi connectivity index (χ3v) is 3.61. The van der Waals surface area contributed by atoms with Crippen LogP contribution in [-0.2, 0) is 0 Å². The van der Waals surface area contributed by atoms with Crippen molar-refractivity contribution in [2.45, 2.75) is 0 Å². The van der Waals surface area contributed by atoms with E-state index in [9.17, 15) is 5.11 Å². The van der Waals surface area contributed by atoms with Crippen LogP contribution in [0.1, 0.15) is 0 Å². The van der Waals surface area contributed by atoms with Gasteiger partial charge in [0, 0.05) is 23.4 Å². The lowest BCUT2D eigenvalue weighted by Crippen LogP contribution is -1.82. The van der Waals surface area contributed by atoms with Crippen LogP contribution < -0.4 is 0 Å². The lowest BCUT2D eigenvalue weighted by Gasteiger charge is -2.00. The maximum Gasteiger partial charge on any atom is 0.244 e. The summed E-state index contributed by atoms with van der Waals surface area (Å²) in [4.78, 5) is 7.59. The van der Waals surface area contributed by atoms with Crippen molar-refractivity contribution in [3.63, 3.8) is 0 Å². The highest BCUT2D eigenvalue weighted by Gasteiger charge is 2.18. The quantitative estimate of drug-likeness (QED) is 0.576. The fourth-order valence-electron chi connectivity index (χ4n) is 2.52. The summed E-state index contributed by atoms with van der Waals surface area (Å²) in [5.74, 6) is 1.31. The molecule has 4 nitrogen and oxygen atoms in total. The molecule has 4 rings (SSSR count). The van der Waals surface area contributed by atoms with Crippen molar-refractivity contribution < 1.29 is 9.52 Å². The Labute approximate surface area is 133 Å². The summed E-state index contributed by atoms with van der Waals surface area (Å²) in [5.41, 5.74) is 3.36. The van der Waals surface area contributed by atoms with E-state index in [2.05, 4.69) is 9.97 Å². The van der Waals surface area contributed by atoms with Gasteiger partial charge in [-0.1, -0.05) is 60.7 Å². The van der Waals surface area contributed by atoms with Gasteiger partial charge in [0.1, 0.15) is 17.1 Å². The Balaban J connectivity index is 1.91. The molecule has 4 aromatic rings. The number of aromatic hydroxyl groups is 1. The van der Waals surface area contributed by atoms with Crippen LogP contribution in [0.5, 0.6) is 5.75 Å². The number of hydrogen-bond donors (Lipinski definition) is 2. The van der Waals surface area contributed by atoms with E-state index in [1.54, 1.807) is 6.07 Å². The molecule has 0 unspecified atom stereocenters. The third-order valence-electron chi connectivity index (χ3n) is 3.61. The van der Waals surface area contributed by atoms with Gasteiger partial charge in [-0.2, -0.15) is 0 Å². The van der Waals surface area contributed by atoms with E-state index in [1.165, 1.54) is 6.20 Å². The summed E-state index contributed by atoms with van der Waals surface area (Å²) in [6.07, 6.45) is 1.50. The molecule has 2 N–H and O–H groups in total. The van der Waals surface area contributed by atoms with E-state index in [-0.39, 0.29) is 5.75 Å². The Hall–Kier alpha value is -3.27. The molecule has 2 aromatic carbocycles. The number of nitrogens with zero attached hydrogens (tertiary/aromatic N) is 1. The number of nitrogens with one attached hydrogen (secondary N) is 1. The average molecular weight is 302 g/mol. The second-order valence-corrected chi connectivity index (χ2v) is 5.20. The van der Waals surface area contributed by atoms with Gasteiger partial charge in [0.2, 0.25) is 5.89 Å². The van der Waals surface area contributed by atoms with Crippen LogP contribution in [-0.4, -0.2) is 15.1 Å². The first-order chi connectivity index (χ1) is 11.3. The zero-order chi connectivity index (χ0) is 15.6. The normalized spacial score (nSPS) is 10.8. The summed E-state index contributed by atoms with van der Waals surface area (Å²) >= 11 is 0. The molecule has 0 aliphatic heterocycles. The van der Waals surface area contributed by atoms with Gasteiger partial charge in [0.05, 0.1) is 0 Å². The number of H-pyrrole nitrogens is 1. The molecule has 0 aliphatic carbocycles. The van der Waals surface area contributed by atoms with Crippen molar-refractivity contribution in [1.82, 2.24) is 9.97 Å². The Bertz CT molecular complexity index is 867. The first kappa shape index (κ1) is 13.4. The fourth-order valence-corrected chi connectivity index (χ4v) is 2.52. The molecule has 0 spiro atoms. The van der Waals surface area contributed by atoms with Crippen molar-refractivity contribution in [3.05, 3.63) is 72.9 Å².